The highest BCUT2D eigenvalue weighted by molar-refractivity contribution is 5.98. The van der Waals surface area contributed by atoms with Gasteiger partial charge in [-0.15, -0.1) is 0 Å². The fourth-order valence-corrected chi connectivity index (χ4v) is 5.15. The summed E-state index contributed by atoms with van der Waals surface area (Å²) in [6.07, 6.45) is 3.70. The number of ether oxygens (including phenoxy) is 3. The summed E-state index contributed by atoms with van der Waals surface area (Å²) in [5.41, 5.74) is 0.467. The largest absolute Gasteiger partial charge is 0.497 e. The van der Waals surface area contributed by atoms with E-state index in [2.05, 4.69) is 22.0 Å². The summed E-state index contributed by atoms with van der Waals surface area (Å²) < 4.78 is 15.9. The Balaban J connectivity index is 1.48. The van der Waals surface area contributed by atoms with Gasteiger partial charge >= 0.3 is 0 Å². The lowest BCUT2D eigenvalue weighted by Gasteiger charge is -2.29. The SMILES string of the molecule is COc1ccc(C(O)C(NC(=O)[C@H](C)NC(=O)CN2CCOCC2)C(=O)N[C@@H](CC2=CCCC2)C(=O)[C@@]2(C)CO2)cc1. The number of ketones is 1. The molecule has 0 saturated carbocycles. The van der Waals surface area contributed by atoms with E-state index < -0.39 is 41.6 Å². The van der Waals surface area contributed by atoms with E-state index in [1.54, 1.807) is 31.2 Å². The summed E-state index contributed by atoms with van der Waals surface area (Å²) in [5, 5.41) is 19.4. The van der Waals surface area contributed by atoms with Crippen molar-refractivity contribution >= 4 is 23.5 Å². The number of aliphatic hydroxyl groups excluding tert-OH is 1. The van der Waals surface area contributed by atoms with Crippen molar-refractivity contribution in [3.63, 3.8) is 0 Å². The van der Waals surface area contributed by atoms with Crippen LogP contribution in [0.15, 0.2) is 35.9 Å². The zero-order chi connectivity index (χ0) is 30.3. The lowest BCUT2D eigenvalue weighted by Crippen LogP contribution is -2.58. The lowest BCUT2D eigenvalue weighted by atomic mass is 9.93. The number of morpholine rings is 1. The summed E-state index contributed by atoms with van der Waals surface area (Å²) in [4.78, 5) is 54.8. The normalized spacial score (nSPS) is 23.1. The molecule has 3 amide bonds. The van der Waals surface area contributed by atoms with Crippen LogP contribution >= 0.6 is 0 Å². The second-order valence-corrected chi connectivity index (χ2v) is 11.3. The molecule has 5 atom stereocenters. The second-order valence-electron chi connectivity index (χ2n) is 11.3. The Bertz CT molecular complexity index is 1160. The average Bonchev–Trinajstić information content (AvgIpc) is 3.53. The molecule has 4 N–H and O–H groups in total. The van der Waals surface area contributed by atoms with E-state index in [9.17, 15) is 24.3 Å². The topological polar surface area (TPSA) is 159 Å². The summed E-state index contributed by atoms with van der Waals surface area (Å²) in [7, 11) is 1.51. The molecule has 12 heteroatoms. The molecule has 2 unspecified atom stereocenters. The number of hydrogen-bond donors (Lipinski definition) is 4. The van der Waals surface area contributed by atoms with Crippen molar-refractivity contribution in [2.24, 2.45) is 0 Å². The molecule has 1 aromatic carbocycles. The van der Waals surface area contributed by atoms with E-state index in [1.165, 1.54) is 14.0 Å². The van der Waals surface area contributed by atoms with Gasteiger partial charge in [-0.3, -0.25) is 24.1 Å². The van der Waals surface area contributed by atoms with E-state index in [4.69, 9.17) is 14.2 Å². The van der Waals surface area contributed by atoms with Crippen molar-refractivity contribution in [1.29, 1.82) is 0 Å². The molecule has 0 spiro atoms. The number of epoxide rings is 1. The number of benzene rings is 1. The number of amides is 3. The molecule has 1 aliphatic carbocycles. The van der Waals surface area contributed by atoms with E-state index in [0.717, 1.165) is 24.8 Å². The van der Waals surface area contributed by atoms with Gasteiger partial charge < -0.3 is 35.3 Å². The first-order valence-corrected chi connectivity index (χ1v) is 14.5. The molecule has 2 fully saturated rings. The molecule has 0 radical (unpaired) electrons. The van der Waals surface area contributed by atoms with Gasteiger partial charge in [-0.25, -0.2) is 0 Å². The highest BCUT2D eigenvalue weighted by atomic mass is 16.6. The third-order valence-corrected chi connectivity index (χ3v) is 7.93. The molecule has 12 nitrogen and oxygen atoms in total. The predicted molar refractivity (Wildman–Crippen MR) is 153 cm³/mol. The molecule has 0 aromatic heterocycles. The maximum Gasteiger partial charge on any atom is 0.246 e. The molecular formula is C30H42N4O8. The number of carbonyl (C=O) groups is 4. The lowest BCUT2D eigenvalue weighted by molar-refractivity contribution is -0.136. The van der Waals surface area contributed by atoms with Crippen LogP contribution in [0.4, 0.5) is 0 Å². The van der Waals surface area contributed by atoms with Crippen LogP contribution in [0.2, 0.25) is 0 Å². The first kappa shape index (κ1) is 31.6. The van der Waals surface area contributed by atoms with E-state index in [-0.39, 0.29) is 24.8 Å². The molecule has 230 valence electrons. The number of nitrogens with zero attached hydrogens (tertiary/aromatic N) is 1. The maximum absolute atomic E-state index is 13.7. The number of methoxy groups -OCH3 is 1. The van der Waals surface area contributed by atoms with Crippen LogP contribution in [0, 0.1) is 0 Å². The number of allylic oxidation sites excluding steroid dienone is 1. The summed E-state index contributed by atoms with van der Waals surface area (Å²) in [6.45, 7) is 5.88. The van der Waals surface area contributed by atoms with Crippen LogP contribution in [0.1, 0.15) is 51.2 Å². The smallest absolute Gasteiger partial charge is 0.246 e. The molecule has 4 rings (SSSR count). The number of aliphatic hydroxyl groups is 1. The van der Waals surface area contributed by atoms with Crippen LogP contribution in [-0.2, 0) is 28.7 Å². The van der Waals surface area contributed by atoms with E-state index in [1.807, 2.05) is 4.90 Å². The van der Waals surface area contributed by atoms with Gasteiger partial charge in [0.05, 0.1) is 39.5 Å². The minimum atomic E-state index is -1.45. The molecule has 2 saturated heterocycles. The first-order chi connectivity index (χ1) is 20.1. The first-order valence-electron chi connectivity index (χ1n) is 14.5. The van der Waals surface area contributed by atoms with Crippen LogP contribution in [-0.4, -0.2) is 104 Å². The van der Waals surface area contributed by atoms with Crippen molar-refractivity contribution in [2.45, 2.75) is 69.4 Å². The van der Waals surface area contributed by atoms with Gasteiger partial charge in [0.25, 0.3) is 0 Å². The molecule has 1 aromatic rings. The van der Waals surface area contributed by atoms with Gasteiger partial charge in [0, 0.05) is 13.1 Å². The third kappa shape index (κ3) is 8.37. The molecule has 2 heterocycles. The highest BCUT2D eigenvalue weighted by Gasteiger charge is 2.50. The number of Topliss-reactive ketones (excluding diaryl/α,β-unsaturated/α-hetero) is 1. The van der Waals surface area contributed by atoms with Gasteiger partial charge in [-0.2, -0.15) is 0 Å². The van der Waals surface area contributed by atoms with Crippen LogP contribution in [0.3, 0.4) is 0 Å². The number of carbonyl (C=O) groups excluding carboxylic acids is 4. The molecule has 0 bridgehead atoms. The summed E-state index contributed by atoms with van der Waals surface area (Å²) in [5.74, 6) is -1.42. The van der Waals surface area contributed by atoms with Crippen molar-refractivity contribution in [1.82, 2.24) is 20.9 Å². The van der Waals surface area contributed by atoms with Crippen LogP contribution < -0.4 is 20.7 Å². The van der Waals surface area contributed by atoms with Gasteiger partial charge in [0.15, 0.2) is 5.78 Å². The zero-order valence-corrected chi connectivity index (χ0v) is 24.5. The Morgan fingerprint density at radius 2 is 1.76 bits per heavy atom. The van der Waals surface area contributed by atoms with Crippen molar-refractivity contribution in [3.8, 4) is 5.75 Å². The van der Waals surface area contributed by atoms with Crippen LogP contribution in [0.5, 0.6) is 5.75 Å². The van der Waals surface area contributed by atoms with Crippen LogP contribution in [0.25, 0.3) is 0 Å². The minimum absolute atomic E-state index is 0.111. The van der Waals surface area contributed by atoms with Gasteiger partial charge in [0.2, 0.25) is 17.7 Å². The van der Waals surface area contributed by atoms with Gasteiger partial charge in [-0.1, -0.05) is 23.8 Å². The Kier molecular flexibility index (Phi) is 10.7. The van der Waals surface area contributed by atoms with E-state index >= 15 is 0 Å². The van der Waals surface area contributed by atoms with Gasteiger partial charge in [-0.05, 0) is 57.2 Å². The standard InChI is InChI=1S/C30H42N4O8/c1-19(31-24(35)17-34-12-14-41-15-13-34)28(38)33-25(26(36)21-8-10-22(40-3)11-9-21)29(39)32-23(16-20-6-4-5-7-20)27(37)30(2)18-42-30/h6,8-11,19,23,25-26,36H,4-5,7,12-18H2,1-3H3,(H,31,35)(H,32,39)(H,33,38)/t19-,23-,25?,26?,30+/m0/s1. The number of rotatable bonds is 14. The summed E-state index contributed by atoms with van der Waals surface area (Å²) in [6, 6.07) is 3.12. The highest BCUT2D eigenvalue weighted by Crippen LogP contribution is 2.31. The molecular weight excluding hydrogens is 544 g/mol. The number of hydrogen-bond acceptors (Lipinski definition) is 9. The average molecular weight is 587 g/mol. The van der Waals surface area contributed by atoms with Crippen molar-refractivity contribution in [2.75, 3.05) is 46.6 Å². The fraction of sp³-hybridized carbons (Fsp3) is 0.600. The molecule has 3 aliphatic rings. The minimum Gasteiger partial charge on any atom is -0.497 e. The molecule has 42 heavy (non-hydrogen) atoms. The maximum atomic E-state index is 13.7. The quantitative estimate of drug-likeness (QED) is 0.179. The van der Waals surface area contributed by atoms with Crippen molar-refractivity contribution in [3.05, 3.63) is 41.5 Å². The predicted octanol–water partition coefficient (Wildman–Crippen LogP) is 0.394. The van der Waals surface area contributed by atoms with E-state index in [0.29, 0.717) is 44.0 Å². The Hall–Kier alpha value is -3.32. The Labute approximate surface area is 246 Å². The Morgan fingerprint density at radius 1 is 1.07 bits per heavy atom. The Morgan fingerprint density at radius 3 is 2.36 bits per heavy atom. The summed E-state index contributed by atoms with van der Waals surface area (Å²) >= 11 is 0. The zero-order valence-electron chi connectivity index (χ0n) is 24.5. The van der Waals surface area contributed by atoms with Gasteiger partial charge in [0.1, 0.15) is 29.5 Å². The third-order valence-electron chi connectivity index (χ3n) is 7.93. The fourth-order valence-electron chi connectivity index (χ4n) is 5.15. The monoisotopic (exact) mass is 586 g/mol. The second kappa shape index (κ2) is 14.2. The number of nitrogens with one attached hydrogen (secondary N) is 3. The van der Waals surface area contributed by atoms with Crippen molar-refractivity contribution < 1.29 is 38.5 Å². The molecule has 2 aliphatic heterocycles.